The van der Waals surface area contributed by atoms with Gasteiger partial charge in [0.15, 0.2) is 0 Å². The van der Waals surface area contributed by atoms with Crippen molar-refractivity contribution >= 4 is 11.7 Å². The quantitative estimate of drug-likeness (QED) is 0.564. The second-order valence-corrected chi connectivity index (χ2v) is 6.13. The van der Waals surface area contributed by atoms with Crippen LogP contribution < -0.4 is 31.7 Å². The van der Waals surface area contributed by atoms with E-state index in [1.807, 2.05) is 0 Å². The molecule has 1 fully saturated rings. The van der Waals surface area contributed by atoms with Crippen LogP contribution in [0.25, 0.3) is 0 Å². The Balaban J connectivity index is 1.87. The molecule has 3 unspecified atom stereocenters. The minimum atomic E-state index is -4.75. The van der Waals surface area contributed by atoms with Crippen molar-refractivity contribution in [3.8, 4) is 5.75 Å². The molecule has 1 aromatic carbocycles. The maximum atomic E-state index is 12.1. The fraction of sp³-hybridized carbons (Fsp3) is 0.533. The number of rotatable bonds is 4. The van der Waals surface area contributed by atoms with Crippen molar-refractivity contribution in [3.63, 3.8) is 0 Å². The number of hydrogen-bond acceptors (Lipinski definition) is 5. The number of ether oxygens (including phenoxy) is 1. The molecule has 0 bridgehead atoms. The van der Waals surface area contributed by atoms with Crippen LogP contribution in [0.5, 0.6) is 5.75 Å². The molecule has 3 atom stereocenters. The molecule has 25 heavy (non-hydrogen) atoms. The summed E-state index contributed by atoms with van der Waals surface area (Å²) in [5, 5.41) is 11.4. The predicted molar refractivity (Wildman–Crippen MR) is 86.6 cm³/mol. The molecule has 0 aliphatic carbocycles. The monoisotopic (exact) mass is 361 g/mol. The first-order valence-corrected chi connectivity index (χ1v) is 7.83. The van der Waals surface area contributed by atoms with Gasteiger partial charge in [-0.2, -0.15) is 0 Å². The molecule has 0 aromatic heterocycles. The van der Waals surface area contributed by atoms with Gasteiger partial charge in [-0.3, -0.25) is 10.6 Å². The molecule has 7 nitrogen and oxygen atoms in total. The maximum absolute atomic E-state index is 12.1. The number of hydrogen-bond donors (Lipinski definition) is 5. The summed E-state index contributed by atoms with van der Waals surface area (Å²) in [5.41, 5.74) is 6.25. The molecule has 1 saturated heterocycles. The number of alkyl halides is 3. The predicted octanol–water partition coefficient (Wildman–Crippen LogP) is 1.88. The average Bonchev–Trinajstić information content (AvgIpc) is 2.47. The summed E-state index contributed by atoms with van der Waals surface area (Å²) in [7, 11) is 0. The maximum Gasteiger partial charge on any atom is 0.573 e. The first kappa shape index (κ1) is 19.3. The van der Waals surface area contributed by atoms with Gasteiger partial charge in [-0.25, -0.2) is 4.79 Å². The van der Waals surface area contributed by atoms with E-state index in [-0.39, 0.29) is 18.0 Å². The molecule has 1 heterocycles. The van der Waals surface area contributed by atoms with E-state index in [9.17, 15) is 18.0 Å². The number of halogens is 3. The van der Waals surface area contributed by atoms with Crippen molar-refractivity contribution in [1.82, 2.24) is 16.0 Å². The molecule has 0 saturated carbocycles. The Hall–Kier alpha value is -2.04. The average molecular weight is 361 g/mol. The second-order valence-electron chi connectivity index (χ2n) is 6.13. The largest absolute Gasteiger partial charge is 0.573 e. The Labute approximate surface area is 143 Å². The van der Waals surface area contributed by atoms with E-state index >= 15 is 0 Å². The van der Waals surface area contributed by atoms with Crippen LogP contribution in [0.2, 0.25) is 0 Å². The molecular formula is C15H22F3N5O2. The zero-order valence-electron chi connectivity index (χ0n) is 13.9. The highest BCUT2D eigenvalue weighted by atomic mass is 19.4. The zero-order valence-corrected chi connectivity index (χ0v) is 13.9. The van der Waals surface area contributed by atoms with Crippen molar-refractivity contribution in [1.29, 1.82) is 0 Å². The SMILES string of the molecule is CC(C)C1CC(N)NC(NC(=O)Nc2ccc(OC(F)(F)F)cc2)N1. The molecule has 10 heteroatoms. The first-order valence-electron chi connectivity index (χ1n) is 7.83. The number of urea groups is 1. The summed E-state index contributed by atoms with van der Waals surface area (Å²) < 4.78 is 40.1. The second kappa shape index (κ2) is 7.89. The number of anilines is 1. The fourth-order valence-corrected chi connectivity index (χ4v) is 2.47. The lowest BCUT2D eigenvalue weighted by molar-refractivity contribution is -0.274. The van der Waals surface area contributed by atoms with Gasteiger partial charge >= 0.3 is 12.4 Å². The van der Waals surface area contributed by atoms with Crippen LogP contribution in [0.1, 0.15) is 20.3 Å². The highest BCUT2D eigenvalue weighted by Gasteiger charge is 2.31. The topological polar surface area (TPSA) is 100 Å². The van der Waals surface area contributed by atoms with Crippen molar-refractivity contribution in [2.24, 2.45) is 11.7 Å². The lowest BCUT2D eigenvalue weighted by atomic mass is 9.98. The van der Waals surface area contributed by atoms with E-state index in [0.29, 0.717) is 11.6 Å². The number of amides is 2. The van der Waals surface area contributed by atoms with Crippen molar-refractivity contribution < 1.29 is 22.7 Å². The van der Waals surface area contributed by atoms with Crippen LogP contribution in [-0.2, 0) is 0 Å². The molecule has 1 aromatic rings. The van der Waals surface area contributed by atoms with Crippen LogP contribution in [0, 0.1) is 5.92 Å². The Morgan fingerprint density at radius 2 is 1.92 bits per heavy atom. The Kier molecular flexibility index (Phi) is 6.09. The van der Waals surface area contributed by atoms with Crippen molar-refractivity contribution in [2.75, 3.05) is 5.32 Å². The van der Waals surface area contributed by atoms with Gasteiger partial charge < -0.3 is 21.1 Å². The van der Waals surface area contributed by atoms with Crippen molar-refractivity contribution in [2.45, 2.75) is 45.1 Å². The first-order chi connectivity index (χ1) is 11.6. The molecule has 0 spiro atoms. The highest BCUT2D eigenvalue weighted by Crippen LogP contribution is 2.23. The molecule has 0 radical (unpaired) electrons. The molecule has 1 aliphatic heterocycles. The third kappa shape index (κ3) is 6.40. The number of carbonyl (C=O) groups excluding carboxylic acids is 1. The van der Waals surface area contributed by atoms with Gasteiger partial charge in [-0.05, 0) is 36.6 Å². The summed E-state index contributed by atoms with van der Waals surface area (Å²) in [5.74, 6) is -0.0125. The number of benzene rings is 1. The van der Waals surface area contributed by atoms with E-state index in [1.54, 1.807) is 0 Å². The molecule has 2 rings (SSSR count). The third-order valence-electron chi connectivity index (χ3n) is 3.70. The van der Waals surface area contributed by atoms with Gasteiger partial charge in [-0.15, -0.1) is 13.2 Å². The molecule has 6 N–H and O–H groups in total. The van der Waals surface area contributed by atoms with Gasteiger partial charge in [-0.1, -0.05) is 13.8 Å². The normalized spacial score (nSPS) is 24.0. The summed E-state index contributed by atoms with van der Waals surface area (Å²) in [6.07, 6.45) is -4.78. The van der Waals surface area contributed by atoms with Crippen LogP contribution in [0.15, 0.2) is 24.3 Å². The van der Waals surface area contributed by atoms with Gasteiger partial charge in [0.2, 0.25) is 0 Å². The summed E-state index contributed by atoms with van der Waals surface area (Å²) in [4.78, 5) is 12.0. The minimum absolute atomic E-state index is 0.153. The molecule has 1 aliphatic rings. The van der Waals surface area contributed by atoms with Crippen molar-refractivity contribution in [3.05, 3.63) is 24.3 Å². The lowest BCUT2D eigenvalue weighted by Gasteiger charge is -2.38. The Morgan fingerprint density at radius 3 is 2.48 bits per heavy atom. The van der Waals surface area contributed by atoms with Gasteiger partial charge in [0.1, 0.15) is 12.0 Å². The Morgan fingerprint density at radius 1 is 1.28 bits per heavy atom. The van der Waals surface area contributed by atoms with Crippen LogP contribution in [0.3, 0.4) is 0 Å². The summed E-state index contributed by atoms with van der Waals surface area (Å²) in [6, 6.07) is 4.48. The fourth-order valence-electron chi connectivity index (χ4n) is 2.47. The van der Waals surface area contributed by atoms with Gasteiger partial charge in [0.05, 0.1) is 6.17 Å². The number of nitrogens with two attached hydrogens (primary N) is 1. The number of nitrogens with one attached hydrogen (secondary N) is 4. The summed E-state index contributed by atoms with van der Waals surface area (Å²) >= 11 is 0. The standard InChI is InChI=1S/C15H22F3N5O2/c1-8(2)11-7-12(19)22-13(21-11)23-14(24)20-9-3-5-10(6-4-9)25-15(16,17)18/h3-6,8,11-13,21-22H,7,19H2,1-2H3,(H2,20,23,24). The van der Waals surface area contributed by atoms with E-state index in [2.05, 4.69) is 39.9 Å². The third-order valence-corrected chi connectivity index (χ3v) is 3.70. The van der Waals surface area contributed by atoms with E-state index < -0.39 is 18.7 Å². The van der Waals surface area contributed by atoms with E-state index in [1.165, 1.54) is 12.1 Å². The zero-order chi connectivity index (χ0) is 18.6. The highest BCUT2D eigenvalue weighted by molar-refractivity contribution is 5.89. The van der Waals surface area contributed by atoms with Gasteiger partial charge in [0.25, 0.3) is 0 Å². The number of carbonyl (C=O) groups is 1. The summed E-state index contributed by atoms with van der Waals surface area (Å²) in [6.45, 7) is 4.11. The van der Waals surface area contributed by atoms with Crippen LogP contribution in [0.4, 0.5) is 23.7 Å². The van der Waals surface area contributed by atoms with Crippen LogP contribution >= 0.6 is 0 Å². The van der Waals surface area contributed by atoms with E-state index in [4.69, 9.17) is 5.73 Å². The minimum Gasteiger partial charge on any atom is -0.406 e. The Bertz CT molecular complexity index is 580. The smallest absolute Gasteiger partial charge is 0.406 e. The van der Waals surface area contributed by atoms with Crippen LogP contribution in [-0.4, -0.2) is 30.9 Å². The van der Waals surface area contributed by atoms with Gasteiger partial charge in [0, 0.05) is 11.7 Å². The lowest BCUT2D eigenvalue weighted by Crippen LogP contribution is -2.68. The molecule has 2 amide bonds. The van der Waals surface area contributed by atoms with E-state index in [0.717, 1.165) is 18.6 Å². The molecule has 140 valence electrons. The molecular weight excluding hydrogens is 339 g/mol.